The second-order valence-electron chi connectivity index (χ2n) is 20.3. The van der Waals surface area contributed by atoms with Crippen molar-refractivity contribution in [3.05, 3.63) is 72.9 Å². The SMILES string of the molecule is CC/C=C\C/C=C\C/C=C\C/C=C\C/C=C\C/C=C\CCCCCCCCCCC(=O)NC(COP(=O)([O-])OCC[N+](C)(C)C)C(O)CCCCCCCCCCCCCCCCCCCCC. The molecule has 0 saturated heterocycles. The Morgan fingerprint density at radius 3 is 1.31 bits per heavy atom. The Kier molecular flexibility index (Phi) is 48.4. The molecule has 0 spiro atoms. The zero-order chi connectivity index (χ0) is 49.9. The number of nitrogens with one attached hydrogen (secondary N) is 1. The highest BCUT2D eigenvalue weighted by molar-refractivity contribution is 7.45. The van der Waals surface area contributed by atoms with Gasteiger partial charge in [-0.25, -0.2) is 0 Å². The van der Waals surface area contributed by atoms with Gasteiger partial charge in [0.15, 0.2) is 0 Å². The molecule has 0 aliphatic rings. The molecule has 0 heterocycles. The minimum absolute atomic E-state index is 0.00748. The summed E-state index contributed by atoms with van der Waals surface area (Å²) in [6, 6.07) is -0.810. The van der Waals surface area contributed by atoms with E-state index < -0.39 is 20.0 Å². The van der Waals surface area contributed by atoms with Crippen molar-refractivity contribution in [3.63, 3.8) is 0 Å². The van der Waals surface area contributed by atoms with Crippen molar-refractivity contribution in [3.8, 4) is 0 Å². The van der Waals surface area contributed by atoms with Gasteiger partial charge < -0.3 is 28.8 Å². The van der Waals surface area contributed by atoms with E-state index in [9.17, 15) is 19.4 Å². The van der Waals surface area contributed by atoms with Crippen molar-refractivity contribution in [2.75, 3.05) is 40.9 Å². The van der Waals surface area contributed by atoms with Crippen LogP contribution in [-0.4, -0.2) is 68.5 Å². The Morgan fingerprint density at radius 2 is 0.897 bits per heavy atom. The second-order valence-corrected chi connectivity index (χ2v) is 21.7. The van der Waals surface area contributed by atoms with Gasteiger partial charge in [0.05, 0.1) is 39.9 Å². The molecule has 9 heteroatoms. The predicted molar refractivity (Wildman–Crippen MR) is 293 cm³/mol. The van der Waals surface area contributed by atoms with Crippen molar-refractivity contribution in [1.29, 1.82) is 0 Å². The van der Waals surface area contributed by atoms with Crippen molar-refractivity contribution >= 4 is 13.7 Å². The number of hydrogen-bond acceptors (Lipinski definition) is 6. The molecule has 0 aliphatic carbocycles. The summed E-state index contributed by atoms with van der Waals surface area (Å²) >= 11 is 0. The van der Waals surface area contributed by atoms with E-state index in [1.54, 1.807) is 0 Å². The lowest BCUT2D eigenvalue weighted by molar-refractivity contribution is -0.870. The molecule has 0 fully saturated rings. The molecule has 0 aromatic rings. The van der Waals surface area contributed by atoms with Gasteiger partial charge in [-0.1, -0.05) is 247 Å². The van der Waals surface area contributed by atoms with Gasteiger partial charge in [0.25, 0.3) is 7.82 Å². The van der Waals surface area contributed by atoms with Gasteiger partial charge >= 0.3 is 0 Å². The van der Waals surface area contributed by atoms with Crippen molar-refractivity contribution < 1.29 is 32.9 Å². The number of aliphatic hydroxyl groups is 1. The molecule has 2 N–H and O–H groups in total. The number of unbranched alkanes of at least 4 members (excludes halogenated alkanes) is 26. The molecule has 0 aromatic heterocycles. The van der Waals surface area contributed by atoms with Crippen LogP contribution in [0.5, 0.6) is 0 Å². The summed E-state index contributed by atoms with van der Waals surface area (Å²) < 4.78 is 23.4. The van der Waals surface area contributed by atoms with Crippen LogP contribution in [0.25, 0.3) is 0 Å². The number of likely N-dealkylation sites (N-methyl/N-ethyl adjacent to an activating group) is 1. The molecule has 3 unspecified atom stereocenters. The van der Waals surface area contributed by atoms with Gasteiger partial charge in [-0.15, -0.1) is 0 Å². The number of quaternary nitrogens is 1. The standard InChI is InChI=1S/C59H109N2O6P/c1-6-8-10-12-14-16-18-20-22-24-26-27-28-29-30-31-32-33-35-37-39-41-43-45-47-49-51-53-59(63)60-57(56-67-68(64,65)66-55-54-61(3,4)5)58(62)52-50-48-46-44-42-40-38-36-34-25-23-21-19-17-15-13-11-9-7-2/h8,10,14,16,20,22,26-27,29-30,32-33,57-58,62H,6-7,9,11-13,15,17-19,21,23-25,28,31,34-56H2,1-5H3,(H-,60,63,64,65)/b10-8-,16-14-,22-20-,27-26-,30-29-,33-32-. The number of hydrogen-bond donors (Lipinski definition) is 2. The van der Waals surface area contributed by atoms with Crippen LogP contribution >= 0.6 is 7.82 Å². The van der Waals surface area contributed by atoms with Gasteiger partial charge in [0, 0.05) is 6.42 Å². The lowest BCUT2D eigenvalue weighted by Crippen LogP contribution is -2.46. The second kappa shape index (κ2) is 49.9. The number of carbonyl (C=O) groups is 1. The largest absolute Gasteiger partial charge is 0.756 e. The average molecular weight is 974 g/mol. The number of rotatable bonds is 51. The zero-order valence-electron chi connectivity index (χ0n) is 45.0. The Hall–Kier alpha value is -2.06. The van der Waals surface area contributed by atoms with Gasteiger partial charge in [0.1, 0.15) is 13.2 Å². The lowest BCUT2D eigenvalue weighted by atomic mass is 10.0. The summed E-state index contributed by atoms with van der Waals surface area (Å²) in [6.07, 6.45) is 67.8. The molecule has 1 amide bonds. The first-order chi connectivity index (χ1) is 33.0. The number of allylic oxidation sites excluding steroid dienone is 12. The van der Waals surface area contributed by atoms with Crippen LogP contribution in [0.2, 0.25) is 0 Å². The maximum absolute atomic E-state index is 13.0. The van der Waals surface area contributed by atoms with Crippen LogP contribution in [-0.2, 0) is 18.4 Å². The Bertz CT molecular complexity index is 1330. The fourth-order valence-corrected chi connectivity index (χ4v) is 8.77. The highest BCUT2D eigenvalue weighted by Gasteiger charge is 2.24. The van der Waals surface area contributed by atoms with Crippen molar-refractivity contribution in [1.82, 2.24) is 5.32 Å². The van der Waals surface area contributed by atoms with E-state index >= 15 is 0 Å². The van der Waals surface area contributed by atoms with Crippen LogP contribution in [0, 0.1) is 0 Å². The van der Waals surface area contributed by atoms with E-state index in [2.05, 4.69) is 92.1 Å². The number of phosphoric ester groups is 1. The first-order valence-corrected chi connectivity index (χ1v) is 29.7. The minimum atomic E-state index is -4.58. The lowest BCUT2D eigenvalue weighted by Gasteiger charge is -2.30. The van der Waals surface area contributed by atoms with E-state index in [1.165, 1.54) is 135 Å². The molecule has 0 aliphatic heterocycles. The highest BCUT2D eigenvalue weighted by Crippen LogP contribution is 2.38. The van der Waals surface area contributed by atoms with E-state index in [0.29, 0.717) is 23.9 Å². The quantitative estimate of drug-likeness (QED) is 0.0272. The number of aliphatic hydroxyl groups excluding tert-OH is 1. The fourth-order valence-electron chi connectivity index (χ4n) is 8.04. The van der Waals surface area contributed by atoms with Crippen LogP contribution in [0.3, 0.4) is 0 Å². The summed E-state index contributed by atoms with van der Waals surface area (Å²) in [5.41, 5.74) is 0. The van der Waals surface area contributed by atoms with Gasteiger partial charge in [-0.3, -0.25) is 9.36 Å². The molecule has 0 aromatic carbocycles. The summed E-state index contributed by atoms with van der Waals surface area (Å²) in [5, 5.41) is 14.0. The molecule has 3 atom stereocenters. The zero-order valence-corrected chi connectivity index (χ0v) is 45.9. The minimum Gasteiger partial charge on any atom is -0.756 e. The molecule has 0 radical (unpaired) electrons. The van der Waals surface area contributed by atoms with Gasteiger partial charge in [0.2, 0.25) is 5.91 Å². The molecular formula is C59H109N2O6P. The van der Waals surface area contributed by atoms with Crippen LogP contribution < -0.4 is 10.2 Å². The molecule has 0 saturated carbocycles. The number of phosphoric acid groups is 1. The van der Waals surface area contributed by atoms with Crippen molar-refractivity contribution in [2.45, 2.75) is 257 Å². The topological polar surface area (TPSA) is 108 Å². The Balaban J connectivity index is 4.22. The molecule has 0 rings (SSSR count). The maximum atomic E-state index is 13.0. The first-order valence-electron chi connectivity index (χ1n) is 28.3. The fraction of sp³-hybridized carbons (Fsp3) is 0.780. The highest BCUT2D eigenvalue weighted by atomic mass is 31.2. The van der Waals surface area contributed by atoms with Crippen LogP contribution in [0.1, 0.15) is 245 Å². The monoisotopic (exact) mass is 973 g/mol. The molecule has 68 heavy (non-hydrogen) atoms. The van der Waals surface area contributed by atoms with Gasteiger partial charge in [-0.2, -0.15) is 0 Å². The van der Waals surface area contributed by atoms with Crippen molar-refractivity contribution in [2.24, 2.45) is 0 Å². The predicted octanol–water partition coefficient (Wildman–Crippen LogP) is 16.5. The summed E-state index contributed by atoms with van der Waals surface area (Å²) in [6.45, 7) is 4.61. The Labute approximate surface area is 421 Å². The molecule has 8 nitrogen and oxygen atoms in total. The summed E-state index contributed by atoms with van der Waals surface area (Å²) in [5.74, 6) is -0.174. The van der Waals surface area contributed by atoms with E-state index in [0.717, 1.165) is 83.5 Å². The van der Waals surface area contributed by atoms with E-state index in [4.69, 9.17) is 9.05 Å². The number of amides is 1. The molecular weight excluding hydrogens is 864 g/mol. The van der Waals surface area contributed by atoms with E-state index in [-0.39, 0.29) is 19.1 Å². The maximum Gasteiger partial charge on any atom is 0.268 e. The molecule has 396 valence electrons. The summed E-state index contributed by atoms with van der Waals surface area (Å²) in [7, 11) is 1.29. The third-order valence-electron chi connectivity index (χ3n) is 12.5. The third kappa shape index (κ3) is 51.8. The van der Waals surface area contributed by atoms with Crippen LogP contribution in [0.15, 0.2) is 72.9 Å². The number of nitrogens with zero attached hydrogens (tertiary/aromatic N) is 1. The first kappa shape index (κ1) is 65.9. The Morgan fingerprint density at radius 1 is 0.529 bits per heavy atom. The smallest absolute Gasteiger partial charge is 0.268 e. The number of carbonyl (C=O) groups excluding carboxylic acids is 1. The van der Waals surface area contributed by atoms with Crippen LogP contribution in [0.4, 0.5) is 0 Å². The van der Waals surface area contributed by atoms with E-state index in [1.807, 2.05) is 21.1 Å². The summed E-state index contributed by atoms with van der Waals surface area (Å²) in [4.78, 5) is 25.5. The normalized spacial score (nSPS) is 14.5. The van der Waals surface area contributed by atoms with Gasteiger partial charge in [-0.05, 0) is 64.2 Å². The molecule has 0 bridgehead atoms. The average Bonchev–Trinajstić information content (AvgIpc) is 3.30. The third-order valence-corrected chi connectivity index (χ3v) is 13.4.